The van der Waals surface area contributed by atoms with Crippen molar-refractivity contribution >= 4 is 0 Å². The monoisotopic (exact) mass is 114 g/mol. The molecule has 0 unspecified atom stereocenters. The predicted octanol–water partition coefficient (Wildman–Crippen LogP) is 0.559. The smallest absolute Gasteiger partial charge is 0.0837 e. The summed E-state index contributed by atoms with van der Waals surface area (Å²) >= 11 is 0. The lowest BCUT2D eigenvalue weighted by Gasteiger charge is -2.04. The molecule has 2 heteroatoms. The second-order valence-electron chi connectivity index (χ2n) is 2.29. The van der Waals surface area contributed by atoms with Gasteiger partial charge >= 0.3 is 0 Å². The lowest BCUT2D eigenvalue weighted by molar-refractivity contribution is 0.179. The average Bonchev–Trinajstić information content (AvgIpc) is 2.19. The topological polar surface area (TPSA) is 31.9 Å². The summed E-state index contributed by atoms with van der Waals surface area (Å²) in [6.45, 7) is 1.20. The first kappa shape index (κ1) is 6.05. The van der Waals surface area contributed by atoms with Gasteiger partial charge < -0.3 is 5.32 Å². The Hall–Kier alpha value is -0.0800. The first-order chi connectivity index (χ1) is 3.93. The summed E-state index contributed by atoms with van der Waals surface area (Å²) in [6, 6.07) is 0.549. The summed E-state index contributed by atoms with van der Waals surface area (Å²) in [7, 11) is 0. The first-order valence-corrected chi connectivity index (χ1v) is 3.25. The maximum atomic E-state index is 10.0. The van der Waals surface area contributed by atoms with Crippen molar-refractivity contribution in [1.82, 2.24) is 5.32 Å². The number of nitrogens with one attached hydrogen (secondary N) is 1. The zero-order valence-electron chi connectivity index (χ0n) is 5.02. The second-order valence-corrected chi connectivity index (χ2v) is 2.29. The van der Waals surface area contributed by atoms with Crippen molar-refractivity contribution in [3.05, 3.63) is 0 Å². The highest BCUT2D eigenvalue weighted by molar-refractivity contribution is 4.72. The molecule has 1 fully saturated rings. The Morgan fingerprint density at radius 3 is 3.00 bits per heavy atom. The zero-order chi connectivity index (χ0) is 5.82. The summed E-state index contributed by atoms with van der Waals surface area (Å²) in [4.78, 5) is 0. The van der Waals surface area contributed by atoms with Gasteiger partial charge in [-0.25, -0.2) is 5.11 Å². The molecule has 0 spiro atoms. The van der Waals surface area contributed by atoms with Crippen LogP contribution in [0.5, 0.6) is 0 Å². The molecule has 0 bridgehead atoms. The van der Waals surface area contributed by atoms with Crippen molar-refractivity contribution in [1.29, 1.82) is 0 Å². The summed E-state index contributed by atoms with van der Waals surface area (Å²) in [5.41, 5.74) is 0. The Morgan fingerprint density at radius 1 is 1.62 bits per heavy atom. The lowest BCUT2D eigenvalue weighted by Crippen LogP contribution is -2.21. The fourth-order valence-electron chi connectivity index (χ4n) is 1.15. The summed E-state index contributed by atoms with van der Waals surface area (Å²) in [5.74, 6) is 0. The quantitative estimate of drug-likeness (QED) is 0.559. The van der Waals surface area contributed by atoms with Crippen LogP contribution in [0.1, 0.15) is 19.3 Å². The van der Waals surface area contributed by atoms with Crippen LogP contribution in [0, 0.1) is 0 Å². The van der Waals surface area contributed by atoms with Crippen LogP contribution in [0.25, 0.3) is 0 Å². The molecule has 1 aliphatic heterocycles. The largest absolute Gasteiger partial charge is 0.314 e. The number of hydrogen-bond donors (Lipinski definition) is 1. The molecule has 8 heavy (non-hydrogen) atoms. The third-order valence-electron chi connectivity index (χ3n) is 1.63. The normalized spacial score (nSPS) is 28.9. The minimum Gasteiger partial charge on any atom is -0.314 e. The molecule has 1 atom stereocenters. The van der Waals surface area contributed by atoms with Crippen LogP contribution in [-0.2, 0) is 5.11 Å². The van der Waals surface area contributed by atoms with Gasteiger partial charge in [-0.05, 0) is 25.8 Å². The molecule has 1 rings (SSSR count). The van der Waals surface area contributed by atoms with E-state index in [-0.39, 0.29) is 6.61 Å². The second kappa shape index (κ2) is 3.05. The third-order valence-corrected chi connectivity index (χ3v) is 1.63. The maximum Gasteiger partial charge on any atom is 0.0837 e. The summed E-state index contributed by atoms with van der Waals surface area (Å²) in [5, 5.41) is 13.3. The van der Waals surface area contributed by atoms with Gasteiger partial charge in [0.2, 0.25) is 0 Å². The lowest BCUT2D eigenvalue weighted by atomic mass is 10.2. The highest BCUT2D eigenvalue weighted by atomic mass is 16.3. The molecule has 2 nitrogen and oxygen atoms in total. The van der Waals surface area contributed by atoms with Gasteiger partial charge in [0.15, 0.2) is 0 Å². The van der Waals surface area contributed by atoms with E-state index >= 15 is 0 Å². The Morgan fingerprint density at radius 2 is 2.50 bits per heavy atom. The van der Waals surface area contributed by atoms with Gasteiger partial charge in [0.05, 0.1) is 6.61 Å². The van der Waals surface area contributed by atoms with Gasteiger partial charge in [-0.3, -0.25) is 0 Å². The van der Waals surface area contributed by atoms with E-state index in [0.717, 1.165) is 13.0 Å². The molecule has 0 amide bonds. The van der Waals surface area contributed by atoms with Crippen LogP contribution in [-0.4, -0.2) is 19.2 Å². The van der Waals surface area contributed by atoms with Crippen molar-refractivity contribution in [2.24, 2.45) is 0 Å². The zero-order valence-corrected chi connectivity index (χ0v) is 5.02. The van der Waals surface area contributed by atoms with Gasteiger partial charge in [-0.15, -0.1) is 0 Å². The Kier molecular flexibility index (Phi) is 2.30. The van der Waals surface area contributed by atoms with Crippen molar-refractivity contribution in [3.63, 3.8) is 0 Å². The van der Waals surface area contributed by atoms with Crippen molar-refractivity contribution < 1.29 is 5.11 Å². The molecule has 1 radical (unpaired) electrons. The van der Waals surface area contributed by atoms with Crippen LogP contribution in [0.2, 0.25) is 0 Å². The first-order valence-electron chi connectivity index (χ1n) is 3.25. The fourth-order valence-corrected chi connectivity index (χ4v) is 1.15. The van der Waals surface area contributed by atoms with E-state index < -0.39 is 0 Å². The highest BCUT2D eigenvalue weighted by Crippen LogP contribution is 2.06. The molecular formula is C6H12NO. The van der Waals surface area contributed by atoms with Crippen molar-refractivity contribution in [3.8, 4) is 0 Å². The van der Waals surface area contributed by atoms with Crippen molar-refractivity contribution in [2.75, 3.05) is 13.2 Å². The molecule has 0 aromatic heterocycles. The molecule has 0 saturated carbocycles. The SMILES string of the molecule is [O]CC[C@H]1CCCN1. The van der Waals surface area contributed by atoms with Crippen molar-refractivity contribution in [2.45, 2.75) is 25.3 Å². The van der Waals surface area contributed by atoms with E-state index in [1.165, 1.54) is 12.8 Å². The molecule has 0 aromatic carbocycles. The van der Waals surface area contributed by atoms with E-state index in [4.69, 9.17) is 0 Å². The minimum absolute atomic E-state index is 0.0810. The van der Waals surface area contributed by atoms with E-state index in [0.29, 0.717) is 6.04 Å². The molecule has 1 N–H and O–H groups in total. The Bertz CT molecular complexity index is 59.5. The highest BCUT2D eigenvalue weighted by Gasteiger charge is 2.11. The van der Waals surface area contributed by atoms with E-state index in [2.05, 4.69) is 5.32 Å². The van der Waals surface area contributed by atoms with E-state index in [9.17, 15) is 5.11 Å². The maximum absolute atomic E-state index is 10.0. The van der Waals surface area contributed by atoms with Crippen LogP contribution >= 0.6 is 0 Å². The minimum atomic E-state index is 0.0810. The average molecular weight is 114 g/mol. The van der Waals surface area contributed by atoms with E-state index in [1.807, 2.05) is 0 Å². The fraction of sp³-hybridized carbons (Fsp3) is 1.00. The molecule has 1 heterocycles. The molecule has 1 aliphatic rings. The Labute approximate surface area is 49.9 Å². The van der Waals surface area contributed by atoms with Crippen LogP contribution < -0.4 is 5.32 Å². The molecule has 0 aromatic rings. The molecular weight excluding hydrogens is 102 g/mol. The van der Waals surface area contributed by atoms with E-state index in [1.54, 1.807) is 0 Å². The summed E-state index contributed by atoms with van der Waals surface area (Å²) < 4.78 is 0. The van der Waals surface area contributed by atoms with Gasteiger partial charge in [-0.2, -0.15) is 0 Å². The standard InChI is InChI=1S/C6H12NO/c8-5-3-6-2-1-4-7-6/h6-7H,1-5H2/t6-/m1/s1. The Balaban J connectivity index is 2.06. The summed E-state index contributed by atoms with van der Waals surface area (Å²) in [6.07, 6.45) is 3.28. The molecule has 0 aliphatic carbocycles. The number of hydrogen-bond acceptors (Lipinski definition) is 1. The predicted molar refractivity (Wildman–Crippen MR) is 31.2 cm³/mol. The van der Waals surface area contributed by atoms with Crippen LogP contribution in [0.3, 0.4) is 0 Å². The van der Waals surface area contributed by atoms with Crippen LogP contribution in [0.4, 0.5) is 0 Å². The van der Waals surface area contributed by atoms with Gasteiger partial charge in [-0.1, -0.05) is 0 Å². The molecule has 47 valence electrons. The van der Waals surface area contributed by atoms with Gasteiger partial charge in [0, 0.05) is 6.04 Å². The van der Waals surface area contributed by atoms with Gasteiger partial charge in [0.1, 0.15) is 0 Å². The third kappa shape index (κ3) is 1.46. The number of rotatable bonds is 2. The van der Waals surface area contributed by atoms with Crippen LogP contribution in [0.15, 0.2) is 0 Å². The molecule has 1 saturated heterocycles. The van der Waals surface area contributed by atoms with Gasteiger partial charge in [0.25, 0.3) is 0 Å².